The van der Waals surface area contributed by atoms with Crippen LogP contribution in [-0.4, -0.2) is 93.1 Å². The van der Waals surface area contributed by atoms with Crippen molar-refractivity contribution >= 4 is 39.4 Å². The van der Waals surface area contributed by atoms with Gasteiger partial charge in [-0.3, -0.25) is 19.5 Å². The number of aromatic nitrogens is 3. The molecule has 2 bridgehead atoms. The molecule has 0 aliphatic carbocycles. The summed E-state index contributed by atoms with van der Waals surface area (Å²) in [4.78, 5) is 46.9. The summed E-state index contributed by atoms with van der Waals surface area (Å²) in [6, 6.07) is 11.3. The zero-order valence-electron chi connectivity index (χ0n) is 29.0. The lowest BCUT2D eigenvalue weighted by molar-refractivity contribution is -0.197. The largest absolute Gasteiger partial charge is 0.461 e. The summed E-state index contributed by atoms with van der Waals surface area (Å²) < 4.78 is 28.9. The minimum absolute atomic E-state index is 0.0179. The second-order valence-electron chi connectivity index (χ2n) is 15.2. The van der Waals surface area contributed by atoms with Crippen LogP contribution in [0.4, 0.5) is 10.2 Å². The van der Waals surface area contributed by atoms with Gasteiger partial charge in [-0.2, -0.15) is 9.97 Å². The van der Waals surface area contributed by atoms with Crippen molar-refractivity contribution in [3.05, 3.63) is 54.0 Å². The van der Waals surface area contributed by atoms with Gasteiger partial charge in [0.2, 0.25) is 0 Å². The summed E-state index contributed by atoms with van der Waals surface area (Å²) in [5.41, 5.74) is 1.50. The molecule has 4 aromatic rings. The number of carbonyl (C=O) groups is 2. The second kappa shape index (κ2) is 12.2. The molecule has 0 spiro atoms. The van der Waals surface area contributed by atoms with Crippen LogP contribution < -0.4 is 9.64 Å². The van der Waals surface area contributed by atoms with Crippen molar-refractivity contribution < 1.29 is 23.5 Å². The highest BCUT2D eigenvalue weighted by Crippen LogP contribution is 2.42. The molecule has 2 aromatic heterocycles. The summed E-state index contributed by atoms with van der Waals surface area (Å²) in [5.74, 6) is 1.90. The third kappa shape index (κ3) is 5.05. The Morgan fingerprint density at radius 2 is 1.82 bits per heavy atom. The molecule has 5 fully saturated rings. The molecule has 0 N–H and O–H groups in total. The monoisotopic (exact) mass is 688 g/mol. The summed E-state index contributed by atoms with van der Waals surface area (Å²) >= 11 is 0. The lowest BCUT2D eigenvalue weighted by Gasteiger charge is -2.45. The molecule has 11 heteroatoms. The van der Waals surface area contributed by atoms with Gasteiger partial charge >= 0.3 is 12.0 Å². The van der Waals surface area contributed by atoms with Crippen molar-refractivity contribution in [1.29, 1.82) is 0 Å². The number of hydrogen-bond acceptors (Lipinski definition) is 9. The van der Waals surface area contributed by atoms with Crippen molar-refractivity contribution in [2.75, 3.05) is 37.7 Å². The molecule has 10 nitrogen and oxygen atoms in total. The van der Waals surface area contributed by atoms with E-state index in [1.807, 2.05) is 55.1 Å². The number of piperazine rings is 1. The maximum atomic E-state index is 17.0. The maximum absolute atomic E-state index is 17.0. The summed E-state index contributed by atoms with van der Waals surface area (Å²) in [5, 5.41) is 2.14. The number of pyridine rings is 1. The van der Waals surface area contributed by atoms with Gasteiger partial charge in [0.15, 0.2) is 11.9 Å². The number of benzene rings is 2. The molecule has 51 heavy (non-hydrogen) atoms. The number of cyclic esters (lactones) is 1. The van der Waals surface area contributed by atoms with Gasteiger partial charge in [0, 0.05) is 47.9 Å². The van der Waals surface area contributed by atoms with E-state index in [4.69, 9.17) is 30.8 Å². The van der Waals surface area contributed by atoms with Crippen LogP contribution in [0, 0.1) is 30.0 Å². The Hall–Kier alpha value is -4.82. The molecular weight excluding hydrogens is 647 g/mol. The number of fused-ring (bicyclic) bond motifs is 5. The number of rotatable bonds is 7. The summed E-state index contributed by atoms with van der Waals surface area (Å²) in [6.07, 6.45) is 12.8. The number of terminal acetylenes is 1. The highest BCUT2D eigenvalue weighted by atomic mass is 19.1. The number of ether oxygens (including phenoxy) is 2. The Balaban J connectivity index is 1.10. The zero-order chi connectivity index (χ0) is 35.0. The summed E-state index contributed by atoms with van der Waals surface area (Å²) in [6.45, 7) is 7.45. The molecule has 5 aliphatic heterocycles. The third-order valence-electron chi connectivity index (χ3n) is 12.1. The standard InChI is InChI=1S/C40H41FN6O4/c1-4-24-9-5-10-25-11-6-12-28(31(24)25)33-32(41)34-29(19-42-33)36(44-39(43-34)50-22-40-15-7-17-46(40)18-8-16-40)45-20-26-13-14-27(21-45)47(26)37(48)35-30(23(2)3)38(49)51-35/h1,5-6,9-12,19,23,26-27,30,35H,7-8,13-18,20-22H2,2-3H3/t26?,27?,30-,35+/m1/s1. The van der Waals surface area contributed by atoms with E-state index < -0.39 is 17.8 Å². The molecule has 1 amide bonds. The van der Waals surface area contributed by atoms with Gasteiger partial charge in [0.25, 0.3) is 5.91 Å². The first-order chi connectivity index (χ1) is 24.8. The van der Waals surface area contributed by atoms with Crippen molar-refractivity contribution in [3.8, 4) is 29.6 Å². The summed E-state index contributed by atoms with van der Waals surface area (Å²) in [7, 11) is 0. The molecule has 4 atom stereocenters. The quantitative estimate of drug-likeness (QED) is 0.188. The third-order valence-corrected chi connectivity index (χ3v) is 12.1. The lowest BCUT2D eigenvalue weighted by Crippen LogP contribution is -2.63. The molecular formula is C40H41FN6O4. The van der Waals surface area contributed by atoms with Crippen molar-refractivity contribution in [2.24, 2.45) is 11.8 Å². The average Bonchev–Trinajstić information content (AvgIpc) is 3.79. The van der Waals surface area contributed by atoms with Gasteiger partial charge in [0.1, 0.15) is 29.6 Å². The van der Waals surface area contributed by atoms with Crippen LogP contribution >= 0.6 is 0 Å². The number of esters is 1. The average molecular weight is 689 g/mol. The number of amides is 1. The first kappa shape index (κ1) is 32.1. The molecule has 262 valence electrons. The van der Waals surface area contributed by atoms with Crippen molar-refractivity contribution in [1.82, 2.24) is 24.8 Å². The fourth-order valence-corrected chi connectivity index (χ4v) is 9.57. The normalized spacial score (nSPS) is 25.3. The fourth-order valence-electron chi connectivity index (χ4n) is 9.57. The van der Waals surface area contributed by atoms with Crippen LogP contribution in [0.15, 0.2) is 42.6 Å². The molecule has 2 unspecified atom stereocenters. The molecule has 2 aromatic carbocycles. The maximum Gasteiger partial charge on any atom is 0.319 e. The SMILES string of the molecule is C#Cc1cccc2cccc(-c3ncc4c(N5CC6CCC(C5)N6C(=O)[C@H]5OC(=O)[C@@H]5C(C)C)nc(OCC56CCCN5CCC6)nc4c3F)c12. The van der Waals surface area contributed by atoms with E-state index >= 15 is 4.39 Å². The molecule has 9 rings (SSSR count). The first-order valence-electron chi connectivity index (χ1n) is 18.3. The van der Waals surface area contributed by atoms with E-state index in [0.29, 0.717) is 42.0 Å². The molecule has 7 heterocycles. The highest BCUT2D eigenvalue weighted by molar-refractivity contribution is 6.02. The first-order valence-corrected chi connectivity index (χ1v) is 18.3. The van der Waals surface area contributed by atoms with Crippen LogP contribution in [-0.2, 0) is 14.3 Å². The van der Waals surface area contributed by atoms with Gasteiger partial charge in [-0.25, -0.2) is 4.39 Å². The van der Waals surface area contributed by atoms with Gasteiger partial charge in [-0.15, -0.1) is 6.42 Å². The molecule has 5 saturated heterocycles. The van der Waals surface area contributed by atoms with Crippen LogP contribution in [0.5, 0.6) is 6.01 Å². The van der Waals surface area contributed by atoms with E-state index in [0.717, 1.165) is 62.4 Å². The minimum atomic E-state index is -0.738. The predicted octanol–water partition coefficient (Wildman–Crippen LogP) is 5.35. The Kier molecular flexibility index (Phi) is 7.65. The van der Waals surface area contributed by atoms with Gasteiger partial charge in [-0.1, -0.05) is 50.1 Å². The molecule has 5 aliphatic rings. The van der Waals surface area contributed by atoms with E-state index in [9.17, 15) is 9.59 Å². The van der Waals surface area contributed by atoms with E-state index in [1.54, 1.807) is 6.20 Å². The van der Waals surface area contributed by atoms with Crippen molar-refractivity contribution in [3.63, 3.8) is 0 Å². The Morgan fingerprint density at radius 1 is 1.10 bits per heavy atom. The number of anilines is 1. The van der Waals surface area contributed by atoms with Crippen LogP contribution in [0.25, 0.3) is 32.9 Å². The minimum Gasteiger partial charge on any atom is -0.461 e. The number of halogens is 1. The Labute approximate surface area is 296 Å². The lowest BCUT2D eigenvalue weighted by atomic mass is 9.85. The molecule has 0 saturated carbocycles. The van der Waals surface area contributed by atoms with E-state index in [-0.39, 0.29) is 52.6 Å². The zero-order valence-corrected chi connectivity index (χ0v) is 29.0. The van der Waals surface area contributed by atoms with E-state index in [2.05, 4.69) is 15.7 Å². The predicted molar refractivity (Wildman–Crippen MR) is 191 cm³/mol. The second-order valence-corrected chi connectivity index (χ2v) is 15.2. The Bertz CT molecular complexity index is 2100. The molecule has 0 radical (unpaired) electrons. The van der Waals surface area contributed by atoms with Crippen LogP contribution in [0.1, 0.15) is 57.9 Å². The van der Waals surface area contributed by atoms with Gasteiger partial charge < -0.3 is 19.3 Å². The number of carbonyl (C=O) groups excluding carboxylic acids is 2. The Morgan fingerprint density at radius 3 is 2.51 bits per heavy atom. The van der Waals surface area contributed by atoms with Gasteiger partial charge in [-0.05, 0) is 69.0 Å². The number of hydrogen-bond donors (Lipinski definition) is 0. The van der Waals surface area contributed by atoms with Gasteiger partial charge in [0.05, 0.1) is 10.9 Å². The highest BCUT2D eigenvalue weighted by Gasteiger charge is 2.54. The van der Waals surface area contributed by atoms with Crippen LogP contribution in [0.2, 0.25) is 0 Å². The fraction of sp³-hybridized carbons (Fsp3) is 0.475. The smallest absolute Gasteiger partial charge is 0.319 e. The topological polar surface area (TPSA) is 101 Å². The van der Waals surface area contributed by atoms with Crippen LogP contribution in [0.3, 0.4) is 0 Å². The van der Waals surface area contributed by atoms with E-state index in [1.165, 1.54) is 0 Å². The van der Waals surface area contributed by atoms with Crippen molar-refractivity contribution in [2.45, 2.75) is 76.1 Å². The number of nitrogens with zero attached hydrogens (tertiary/aromatic N) is 6.